The maximum atomic E-state index is 5.48. The lowest BCUT2D eigenvalue weighted by Crippen LogP contribution is -2.00. The highest BCUT2D eigenvalue weighted by Crippen LogP contribution is 2.24. The molecule has 2 nitrogen and oxygen atoms in total. The third-order valence-corrected chi connectivity index (χ3v) is 3.01. The van der Waals surface area contributed by atoms with Crippen LogP contribution >= 0.6 is 15.9 Å². The molecule has 0 amide bonds. The Bertz CT molecular complexity index is 434. The topological polar surface area (TPSA) is 41.8 Å². The highest BCUT2D eigenvalue weighted by molar-refractivity contribution is 9.10. The Morgan fingerprint density at radius 1 is 1.36 bits per heavy atom. The maximum absolute atomic E-state index is 5.48. The normalized spacial score (nSPS) is 11.0. The average Bonchev–Trinajstić information content (AvgIpc) is 2.59. The first-order chi connectivity index (χ1) is 6.81. The molecule has 74 valence electrons. The number of nitrogens with one attached hydrogen (secondary N) is 1. The zero-order valence-corrected chi connectivity index (χ0v) is 9.47. The van der Waals surface area contributed by atoms with Crippen molar-refractivity contribution in [3.63, 3.8) is 0 Å². The van der Waals surface area contributed by atoms with Gasteiger partial charge in [0.2, 0.25) is 0 Å². The lowest BCUT2D eigenvalue weighted by Gasteiger charge is -1.92. The molecule has 0 aliphatic carbocycles. The van der Waals surface area contributed by atoms with E-state index in [0.717, 1.165) is 23.9 Å². The van der Waals surface area contributed by atoms with Crippen LogP contribution in [0.15, 0.2) is 28.7 Å². The van der Waals surface area contributed by atoms with Crippen molar-refractivity contribution in [2.75, 3.05) is 6.54 Å². The smallest absolute Gasteiger partial charge is 0.0467 e. The van der Waals surface area contributed by atoms with Crippen molar-refractivity contribution in [1.29, 1.82) is 0 Å². The Morgan fingerprint density at radius 3 is 2.93 bits per heavy atom. The molecule has 0 aliphatic rings. The van der Waals surface area contributed by atoms with E-state index in [0.29, 0.717) is 0 Å². The number of halogens is 1. The predicted molar refractivity (Wildman–Crippen MR) is 63.4 cm³/mol. The molecule has 14 heavy (non-hydrogen) atoms. The molecule has 0 fully saturated rings. The van der Waals surface area contributed by atoms with E-state index < -0.39 is 0 Å². The van der Waals surface area contributed by atoms with E-state index in [2.05, 4.69) is 39.1 Å². The molecule has 3 N–H and O–H groups in total. The minimum atomic E-state index is 0.747. The van der Waals surface area contributed by atoms with Gasteiger partial charge in [-0.2, -0.15) is 0 Å². The van der Waals surface area contributed by atoms with Gasteiger partial charge in [-0.05, 0) is 37.6 Å². The van der Waals surface area contributed by atoms with Crippen molar-refractivity contribution in [3.05, 3.63) is 34.4 Å². The summed E-state index contributed by atoms with van der Waals surface area (Å²) >= 11 is 3.53. The van der Waals surface area contributed by atoms with Gasteiger partial charge in [0.15, 0.2) is 0 Å². The fourth-order valence-electron chi connectivity index (χ4n) is 1.60. The number of rotatable bonds is 3. The fourth-order valence-corrected chi connectivity index (χ4v) is 2.08. The number of nitrogens with two attached hydrogens (primary N) is 1. The van der Waals surface area contributed by atoms with E-state index in [9.17, 15) is 0 Å². The fraction of sp³-hybridized carbons (Fsp3) is 0.273. The van der Waals surface area contributed by atoms with Crippen molar-refractivity contribution in [1.82, 2.24) is 4.98 Å². The molecule has 0 spiro atoms. The summed E-state index contributed by atoms with van der Waals surface area (Å²) in [5.41, 5.74) is 7.93. The summed E-state index contributed by atoms with van der Waals surface area (Å²) in [5, 5.41) is 1.25. The standard InChI is InChI=1S/C11H13BrN2/c12-10-4-1-5-11-9(10)7-8(14-11)3-2-6-13/h1,4-5,7,14H,2-3,6,13H2. The summed E-state index contributed by atoms with van der Waals surface area (Å²) in [5.74, 6) is 0. The number of aryl methyl sites for hydroxylation is 1. The lowest BCUT2D eigenvalue weighted by atomic mass is 10.2. The Kier molecular flexibility index (Phi) is 2.89. The molecule has 1 aromatic heterocycles. The molecular formula is C11H13BrN2. The van der Waals surface area contributed by atoms with E-state index in [1.165, 1.54) is 16.6 Å². The van der Waals surface area contributed by atoms with Crippen LogP contribution in [0.1, 0.15) is 12.1 Å². The first kappa shape index (κ1) is 9.74. The second kappa shape index (κ2) is 4.15. The van der Waals surface area contributed by atoms with Crippen LogP contribution in [-0.2, 0) is 6.42 Å². The van der Waals surface area contributed by atoms with Gasteiger partial charge >= 0.3 is 0 Å². The summed E-state index contributed by atoms with van der Waals surface area (Å²) < 4.78 is 1.14. The van der Waals surface area contributed by atoms with Crippen LogP contribution in [0.3, 0.4) is 0 Å². The van der Waals surface area contributed by atoms with Crippen LogP contribution in [0.2, 0.25) is 0 Å². The highest BCUT2D eigenvalue weighted by Gasteiger charge is 2.02. The predicted octanol–water partition coefficient (Wildman–Crippen LogP) is 2.82. The molecule has 1 aromatic carbocycles. The molecular weight excluding hydrogens is 240 g/mol. The number of hydrogen-bond acceptors (Lipinski definition) is 1. The largest absolute Gasteiger partial charge is 0.358 e. The number of hydrogen-bond donors (Lipinski definition) is 2. The highest BCUT2D eigenvalue weighted by atomic mass is 79.9. The number of fused-ring (bicyclic) bond motifs is 1. The minimum Gasteiger partial charge on any atom is -0.358 e. The molecule has 0 radical (unpaired) electrons. The van der Waals surface area contributed by atoms with E-state index in [4.69, 9.17) is 5.73 Å². The van der Waals surface area contributed by atoms with Crippen LogP contribution < -0.4 is 5.73 Å². The first-order valence-electron chi connectivity index (χ1n) is 4.77. The van der Waals surface area contributed by atoms with Gasteiger partial charge in [-0.1, -0.05) is 22.0 Å². The number of H-pyrrole nitrogens is 1. The second-order valence-electron chi connectivity index (χ2n) is 3.39. The van der Waals surface area contributed by atoms with E-state index in [1.807, 2.05) is 6.07 Å². The summed E-state index contributed by atoms with van der Waals surface area (Å²) in [6.45, 7) is 0.747. The van der Waals surface area contributed by atoms with Gasteiger partial charge in [0.05, 0.1) is 0 Å². The Morgan fingerprint density at radius 2 is 2.21 bits per heavy atom. The van der Waals surface area contributed by atoms with Crippen molar-refractivity contribution >= 4 is 26.8 Å². The zero-order chi connectivity index (χ0) is 9.97. The number of benzene rings is 1. The summed E-state index contributed by atoms with van der Waals surface area (Å²) in [6.07, 6.45) is 2.06. The van der Waals surface area contributed by atoms with Gasteiger partial charge in [0.25, 0.3) is 0 Å². The van der Waals surface area contributed by atoms with Crippen molar-refractivity contribution in [3.8, 4) is 0 Å². The molecule has 0 atom stereocenters. The maximum Gasteiger partial charge on any atom is 0.0467 e. The lowest BCUT2D eigenvalue weighted by molar-refractivity contribution is 0.818. The van der Waals surface area contributed by atoms with Crippen molar-refractivity contribution in [2.45, 2.75) is 12.8 Å². The number of aromatic nitrogens is 1. The van der Waals surface area contributed by atoms with Crippen molar-refractivity contribution in [2.24, 2.45) is 5.73 Å². The molecule has 0 saturated carbocycles. The van der Waals surface area contributed by atoms with Crippen LogP contribution in [0, 0.1) is 0 Å². The third kappa shape index (κ3) is 1.83. The molecule has 1 heterocycles. The van der Waals surface area contributed by atoms with Crippen molar-refractivity contribution < 1.29 is 0 Å². The molecule has 2 aromatic rings. The van der Waals surface area contributed by atoms with Crippen LogP contribution in [0.4, 0.5) is 0 Å². The van der Waals surface area contributed by atoms with E-state index in [-0.39, 0.29) is 0 Å². The SMILES string of the molecule is NCCCc1cc2c(Br)cccc2[nH]1. The van der Waals surface area contributed by atoms with Gasteiger partial charge in [-0.15, -0.1) is 0 Å². The quantitative estimate of drug-likeness (QED) is 0.867. The van der Waals surface area contributed by atoms with Gasteiger partial charge in [-0.3, -0.25) is 0 Å². The monoisotopic (exact) mass is 252 g/mol. The van der Waals surface area contributed by atoms with Crippen LogP contribution in [0.5, 0.6) is 0 Å². The third-order valence-electron chi connectivity index (χ3n) is 2.32. The van der Waals surface area contributed by atoms with Gasteiger partial charge in [-0.25, -0.2) is 0 Å². The second-order valence-corrected chi connectivity index (χ2v) is 4.24. The first-order valence-corrected chi connectivity index (χ1v) is 5.57. The van der Waals surface area contributed by atoms with Crippen LogP contribution in [-0.4, -0.2) is 11.5 Å². The Labute approximate surface area is 91.6 Å². The average molecular weight is 253 g/mol. The molecule has 2 rings (SSSR count). The Balaban J connectivity index is 2.36. The summed E-state index contributed by atoms with van der Waals surface area (Å²) in [7, 11) is 0. The zero-order valence-electron chi connectivity index (χ0n) is 7.89. The van der Waals surface area contributed by atoms with Gasteiger partial charge < -0.3 is 10.7 Å². The van der Waals surface area contributed by atoms with Gasteiger partial charge in [0, 0.05) is 21.1 Å². The summed E-state index contributed by atoms with van der Waals surface area (Å²) in [6, 6.07) is 8.37. The molecule has 0 saturated heterocycles. The summed E-state index contributed by atoms with van der Waals surface area (Å²) in [4.78, 5) is 3.39. The minimum absolute atomic E-state index is 0.747. The number of aromatic amines is 1. The molecule has 0 bridgehead atoms. The van der Waals surface area contributed by atoms with Crippen LogP contribution in [0.25, 0.3) is 10.9 Å². The van der Waals surface area contributed by atoms with E-state index in [1.54, 1.807) is 0 Å². The van der Waals surface area contributed by atoms with E-state index >= 15 is 0 Å². The molecule has 3 heteroatoms. The van der Waals surface area contributed by atoms with Gasteiger partial charge in [0.1, 0.15) is 0 Å². The Hall–Kier alpha value is -0.800. The molecule has 0 unspecified atom stereocenters. The molecule has 0 aliphatic heterocycles.